The second-order valence-electron chi connectivity index (χ2n) is 4.89. The molecule has 1 rings (SSSR count). The average molecular weight is 241 g/mol. The molecule has 0 bridgehead atoms. The number of unbranched alkanes of at least 4 members (excludes halogenated alkanes) is 3. The van der Waals surface area contributed by atoms with E-state index in [9.17, 15) is 9.59 Å². The number of nitrogens with one attached hydrogen (secondary N) is 1. The molecule has 0 saturated heterocycles. The van der Waals surface area contributed by atoms with E-state index in [0.29, 0.717) is 6.42 Å². The van der Waals surface area contributed by atoms with Gasteiger partial charge in [-0.05, 0) is 25.2 Å². The lowest BCUT2D eigenvalue weighted by molar-refractivity contribution is -0.137. The fraction of sp³-hybridized carbons (Fsp3) is 0.846. The Bertz CT molecular complexity index is 249. The standard InChI is InChI=1S/C13H23NO3/c15-12(9-8-11-6-7-11)14-10-4-2-1-3-5-13(16)17/h11H,1-10H2,(H,14,15)(H,16,17). The molecule has 0 atom stereocenters. The van der Waals surface area contributed by atoms with Crippen LogP contribution in [0.4, 0.5) is 0 Å². The van der Waals surface area contributed by atoms with E-state index in [-0.39, 0.29) is 12.3 Å². The topological polar surface area (TPSA) is 66.4 Å². The molecule has 1 aliphatic rings. The number of hydrogen-bond donors (Lipinski definition) is 2. The van der Waals surface area contributed by atoms with Gasteiger partial charge in [-0.1, -0.05) is 25.7 Å². The third-order valence-corrected chi connectivity index (χ3v) is 3.12. The monoisotopic (exact) mass is 241 g/mol. The summed E-state index contributed by atoms with van der Waals surface area (Å²) in [5.74, 6) is 0.262. The van der Waals surface area contributed by atoms with Crippen molar-refractivity contribution in [1.82, 2.24) is 5.32 Å². The first-order valence-corrected chi connectivity index (χ1v) is 6.67. The van der Waals surface area contributed by atoms with E-state index < -0.39 is 5.97 Å². The van der Waals surface area contributed by atoms with Gasteiger partial charge in [0.05, 0.1) is 0 Å². The molecule has 0 aliphatic heterocycles. The Morgan fingerprint density at radius 3 is 2.41 bits per heavy atom. The number of rotatable bonds is 10. The normalized spacial score (nSPS) is 14.6. The van der Waals surface area contributed by atoms with Gasteiger partial charge in [0.2, 0.25) is 5.91 Å². The number of amides is 1. The smallest absolute Gasteiger partial charge is 0.303 e. The summed E-state index contributed by atoms with van der Waals surface area (Å²) in [5, 5.41) is 11.4. The van der Waals surface area contributed by atoms with Gasteiger partial charge in [0.1, 0.15) is 0 Å². The van der Waals surface area contributed by atoms with Gasteiger partial charge in [-0.3, -0.25) is 9.59 Å². The van der Waals surface area contributed by atoms with E-state index in [1.54, 1.807) is 0 Å². The van der Waals surface area contributed by atoms with Crippen molar-refractivity contribution in [3.63, 3.8) is 0 Å². The molecule has 0 heterocycles. The highest BCUT2D eigenvalue weighted by Gasteiger charge is 2.21. The molecule has 4 nitrogen and oxygen atoms in total. The summed E-state index contributed by atoms with van der Waals surface area (Å²) >= 11 is 0. The van der Waals surface area contributed by atoms with Crippen molar-refractivity contribution >= 4 is 11.9 Å². The molecule has 0 unspecified atom stereocenters. The molecule has 0 spiro atoms. The fourth-order valence-corrected chi connectivity index (χ4v) is 1.81. The molecule has 1 aliphatic carbocycles. The van der Waals surface area contributed by atoms with E-state index in [1.165, 1.54) is 12.8 Å². The van der Waals surface area contributed by atoms with Crippen LogP contribution in [0.25, 0.3) is 0 Å². The zero-order valence-corrected chi connectivity index (χ0v) is 10.4. The Balaban J connectivity index is 1.79. The number of carboxylic acid groups (broad SMARTS) is 1. The first kappa shape index (κ1) is 14.0. The van der Waals surface area contributed by atoms with E-state index in [1.807, 2.05) is 0 Å². The van der Waals surface area contributed by atoms with Crippen LogP contribution in [-0.4, -0.2) is 23.5 Å². The summed E-state index contributed by atoms with van der Waals surface area (Å²) in [5.41, 5.74) is 0. The van der Waals surface area contributed by atoms with Crippen molar-refractivity contribution in [1.29, 1.82) is 0 Å². The molecule has 17 heavy (non-hydrogen) atoms. The third kappa shape index (κ3) is 8.72. The second kappa shape index (κ2) is 8.09. The van der Waals surface area contributed by atoms with E-state index in [4.69, 9.17) is 5.11 Å². The molecule has 0 aromatic rings. The summed E-state index contributed by atoms with van der Waals surface area (Å²) in [6.45, 7) is 0.733. The predicted molar refractivity (Wildman–Crippen MR) is 65.7 cm³/mol. The molecule has 1 amide bonds. The van der Waals surface area contributed by atoms with Crippen molar-refractivity contribution in [2.45, 2.75) is 57.8 Å². The van der Waals surface area contributed by atoms with Gasteiger partial charge in [-0.25, -0.2) is 0 Å². The summed E-state index contributed by atoms with van der Waals surface area (Å²) < 4.78 is 0. The lowest BCUT2D eigenvalue weighted by Gasteiger charge is -2.04. The lowest BCUT2D eigenvalue weighted by atomic mass is 10.1. The Kier molecular flexibility index (Phi) is 6.67. The van der Waals surface area contributed by atoms with Gasteiger partial charge in [0, 0.05) is 19.4 Å². The second-order valence-corrected chi connectivity index (χ2v) is 4.89. The van der Waals surface area contributed by atoms with Crippen LogP contribution in [0, 0.1) is 5.92 Å². The number of aliphatic carboxylic acids is 1. The summed E-state index contributed by atoms with van der Waals surface area (Å²) in [6, 6.07) is 0. The van der Waals surface area contributed by atoms with Crippen molar-refractivity contribution in [2.24, 2.45) is 5.92 Å². The summed E-state index contributed by atoms with van der Waals surface area (Å²) in [4.78, 5) is 21.6. The molecule has 1 fully saturated rings. The van der Waals surface area contributed by atoms with Crippen molar-refractivity contribution < 1.29 is 14.7 Å². The van der Waals surface area contributed by atoms with Crippen LogP contribution in [0.2, 0.25) is 0 Å². The predicted octanol–water partition coefficient (Wildman–Crippen LogP) is 2.33. The minimum atomic E-state index is -0.724. The SMILES string of the molecule is O=C(O)CCCCCCNC(=O)CCC1CC1. The van der Waals surface area contributed by atoms with E-state index in [0.717, 1.165) is 44.6 Å². The van der Waals surface area contributed by atoms with Crippen LogP contribution in [-0.2, 0) is 9.59 Å². The maximum atomic E-state index is 11.4. The largest absolute Gasteiger partial charge is 0.481 e. The van der Waals surface area contributed by atoms with E-state index >= 15 is 0 Å². The average Bonchev–Trinajstić information content (AvgIpc) is 3.08. The van der Waals surface area contributed by atoms with E-state index in [2.05, 4.69) is 5.32 Å². The molecule has 98 valence electrons. The summed E-state index contributed by atoms with van der Waals surface area (Å²) in [7, 11) is 0. The quantitative estimate of drug-likeness (QED) is 0.577. The zero-order chi connectivity index (χ0) is 12.5. The molecule has 0 aromatic carbocycles. The molecular weight excluding hydrogens is 218 g/mol. The Morgan fingerprint density at radius 2 is 1.76 bits per heavy atom. The third-order valence-electron chi connectivity index (χ3n) is 3.12. The minimum Gasteiger partial charge on any atom is -0.481 e. The molecular formula is C13H23NO3. The van der Waals surface area contributed by atoms with Crippen LogP contribution < -0.4 is 5.32 Å². The maximum absolute atomic E-state index is 11.4. The van der Waals surface area contributed by atoms with Gasteiger partial charge in [0.25, 0.3) is 0 Å². The van der Waals surface area contributed by atoms with Crippen LogP contribution in [0.5, 0.6) is 0 Å². The Hall–Kier alpha value is -1.06. The van der Waals surface area contributed by atoms with Crippen LogP contribution in [0.3, 0.4) is 0 Å². The van der Waals surface area contributed by atoms with Crippen molar-refractivity contribution in [3.05, 3.63) is 0 Å². The lowest BCUT2D eigenvalue weighted by Crippen LogP contribution is -2.24. The maximum Gasteiger partial charge on any atom is 0.303 e. The first-order chi connectivity index (χ1) is 8.18. The molecule has 0 aromatic heterocycles. The van der Waals surface area contributed by atoms with Crippen LogP contribution in [0.15, 0.2) is 0 Å². The molecule has 4 heteroatoms. The number of carbonyl (C=O) groups is 2. The van der Waals surface area contributed by atoms with Gasteiger partial charge < -0.3 is 10.4 Å². The number of hydrogen-bond acceptors (Lipinski definition) is 2. The number of carbonyl (C=O) groups excluding carboxylic acids is 1. The van der Waals surface area contributed by atoms with Crippen LogP contribution >= 0.6 is 0 Å². The van der Waals surface area contributed by atoms with Gasteiger partial charge >= 0.3 is 5.97 Å². The molecule has 1 saturated carbocycles. The van der Waals surface area contributed by atoms with Crippen LogP contribution in [0.1, 0.15) is 57.8 Å². The fourth-order valence-electron chi connectivity index (χ4n) is 1.81. The van der Waals surface area contributed by atoms with Crippen molar-refractivity contribution in [2.75, 3.05) is 6.54 Å². The van der Waals surface area contributed by atoms with Gasteiger partial charge in [-0.15, -0.1) is 0 Å². The minimum absolute atomic E-state index is 0.169. The Morgan fingerprint density at radius 1 is 1.06 bits per heavy atom. The zero-order valence-electron chi connectivity index (χ0n) is 10.4. The highest BCUT2D eigenvalue weighted by atomic mass is 16.4. The number of carboxylic acids is 1. The highest BCUT2D eigenvalue weighted by molar-refractivity contribution is 5.75. The van der Waals surface area contributed by atoms with Crippen molar-refractivity contribution in [3.8, 4) is 0 Å². The molecule has 2 N–H and O–H groups in total. The molecule has 0 radical (unpaired) electrons. The van der Waals surface area contributed by atoms with Gasteiger partial charge in [0.15, 0.2) is 0 Å². The highest BCUT2D eigenvalue weighted by Crippen LogP contribution is 2.33. The first-order valence-electron chi connectivity index (χ1n) is 6.67. The Labute approximate surface area is 103 Å². The van der Waals surface area contributed by atoms with Gasteiger partial charge in [-0.2, -0.15) is 0 Å². The summed E-state index contributed by atoms with van der Waals surface area (Å²) in [6.07, 6.45) is 8.20.